The Hall–Kier alpha value is -0.700. The molecule has 15 heavy (non-hydrogen) atoms. The van der Waals surface area contributed by atoms with E-state index in [2.05, 4.69) is 24.2 Å². The molecule has 0 rings (SSSR count). The average Bonchev–Trinajstić information content (AvgIpc) is 2.11. The highest BCUT2D eigenvalue weighted by Crippen LogP contribution is 2.02. The summed E-state index contributed by atoms with van der Waals surface area (Å²) in [6.07, 6.45) is 1.82. The van der Waals surface area contributed by atoms with E-state index in [0.717, 1.165) is 0 Å². The summed E-state index contributed by atoms with van der Waals surface area (Å²) >= 11 is 0. The molecule has 3 nitrogen and oxygen atoms in total. The summed E-state index contributed by atoms with van der Waals surface area (Å²) in [7, 11) is 0. The van der Waals surface area contributed by atoms with E-state index >= 15 is 0 Å². The van der Waals surface area contributed by atoms with E-state index in [0.29, 0.717) is 6.04 Å². The third-order valence-corrected chi connectivity index (χ3v) is 2.11. The molecule has 0 aromatic rings. The fraction of sp³-hybridized carbons (Fsp3) is 0.833. The highest BCUT2D eigenvalue weighted by Gasteiger charge is 2.14. The van der Waals surface area contributed by atoms with Crippen LogP contribution in [0.25, 0.3) is 0 Å². The molecule has 2 atom stereocenters. The maximum Gasteiger partial charge on any atom is 0.159 e. The van der Waals surface area contributed by atoms with Crippen LogP contribution < -0.4 is 5.32 Å². The minimum absolute atomic E-state index is 0.0607. The summed E-state index contributed by atoms with van der Waals surface area (Å²) in [4.78, 5) is 15.8. The lowest BCUT2D eigenvalue weighted by Gasteiger charge is -2.13. The second-order valence-electron chi connectivity index (χ2n) is 4.64. The molecule has 3 heteroatoms. The molecule has 0 aliphatic carbocycles. The van der Waals surface area contributed by atoms with E-state index in [-0.39, 0.29) is 23.8 Å². The van der Waals surface area contributed by atoms with Gasteiger partial charge in [0.1, 0.15) is 6.04 Å². The maximum absolute atomic E-state index is 11.5. The van der Waals surface area contributed by atoms with E-state index in [4.69, 9.17) is 0 Å². The Labute approximate surface area is 93.4 Å². The molecule has 0 saturated heterocycles. The maximum atomic E-state index is 11.5. The van der Waals surface area contributed by atoms with Crippen LogP contribution in [0.5, 0.6) is 0 Å². The van der Waals surface area contributed by atoms with Crippen molar-refractivity contribution < 1.29 is 4.79 Å². The number of Topliss-reactive ketones (excluding diaryl/α,β-unsaturated/α-hetero) is 1. The van der Waals surface area contributed by atoms with Gasteiger partial charge in [0.25, 0.3) is 0 Å². The van der Waals surface area contributed by atoms with Gasteiger partial charge in [0.2, 0.25) is 0 Å². The Morgan fingerprint density at radius 3 is 2.07 bits per heavy atom. The van der Waals surface area contributed by atoms with Gasteiger partial charge in [0.05, 0.1) is 0 Å². The first-order valence-electron chi connectivity index (χ1n) is 5.67. The van der Waals surface area contributed by atoms with Crippen molar-refractivity contribution in [2.45, 2.75) is 59.7 Å². The zero-order chi connectivity index (χ0) is 12.0. The van der Waals surface area contributed by atoms with Gasteiger partial charge in [0, 0.05) is 24.2 Å². The summed E-state index contributed by atoms with van der Waals surface area (Å²) < 4.78 is 0. The normalized spacial score (nSPS) is 16.3. The number of nitrogens with zero attached hydrogens (tertiary/aromatic N) is 1. The highest BCUT2D eigenvalue weighted by molar-refractivity contribution is 5.86. The quantitative estimate of drug-likeness (QED) is 0.685. The van der Waals surface area contributed by atoms with Crippen LogP contribution in [0.1, 0.15) is 41.5 Å². The number of carbonyl (C=O) groups excluding carboxylic acids is 1. The summed E-state index contributed by atoms with van der Waals surface area (Å²) in [6, 6.07) is 0.427. The van der Waals surface area contributed by atoms with E-state index in [1.165, 1.54) is 0 Å². The Bertz CT molecular complexity index is 222. The smallest absolute Gasteiger partial charge is 0.159 e. The van der Waals surface area contributed by atoms with Crippen molar-refractivity contribution >= 4 is 12.0 Å². The van der Waals surface area contributed by atoms with Crippen LogP contribution in [0.4, 0.5) is 0 Å². The van der Waals surface area contributed by atoms with E-state index in [1.54, 1.807) is 0 Å². The zero-order valence-electron chi connectivity index (χ0n) is 10.7. The van der Waals surface area contributed by atoms with Crippen LogP contribution >= 0.6 is 0 Å². The third kappa shape index (κ3) is 6.39. The Morgan fingerprint density at radius 1 is 1.13 bits per heavy atom. The number of aliphatic imine (C=N–C) groups is 1. The second-order valence-corrected chi connectivity index (χ2v) is 4.64. The topological polar surface area (TPSA) is 41.5 Å². The molecule has 0 heterocycles. The first-order chi connectivity index (χ1) is 6.84. The first-order valence-corrected chi connectivity index (χ1v) is 5.67. The van der Waals surface area contributed by atoms with E-state index < -0.39 is 0 Å². The van der Waals surface area contributed by atoms with Crippen LogP contribution in [0.15, 0.2) is 4.99 Å². The van der Waals surface area contributed by atoms with Gasteiger partial charge in [0.15, 0.2) is 5.78 Å². The molecule has 2 unspecified atom stereocenters. The molecule has 0 bridgehead atoms. The zero-order valence-corrected chi connectivity index (χ0v) is 10.7. The molecule has 0 aromatic carbocycles. The largest absolute Gasteiger partial charge is 0.307 e. The molecule has 0 aromatic heterocycles. The fourth-order valence-corrected chi connectivity index (χ4v) is 1.38. The summed E-state index contributed by atoms with van der Waals surface area (Å²) in [5.41, 5.74) is 0. The number of rotatable bonds is 6. The van der Waals surface area contributed by atoms with Gasteiger partial charge in [-0.2, -0.15) is 0 Å². The Morgan fingerprint density at radius 2 is 1.67 bits per heavy atom. The molecule has 1 N–H and O–H groups in total. The minimum atomic E-state index is -0.221. The van der Waals surface area contributed by atoms with Crippen molar-refractivity contribution in [1.29, 1.82) is 0 Å². The van der Waals surface area contributed by atoms with Gasteiger partial charge in [-0.1, -0.05) is 27.7 Å². The average molecular weight is 212 g/mol. The van der Waals surface area contributed by atoms with Gasteiger partial charge in [-0.05, 0) is 13.8 Å². The molecule has 0 saturated carbocycles. The number of hydrogen-bond acceptors (Lipinski definition) is 3. The van der Waals surface area contributed by atoms with E-state index in [9.17, 15) is 4.79 Å². The summed E-state index contributed by atoms with van der Waals surface area (Å²) in [6.45, 7) is 11.9. The van der Waals surface area contributed by atoms with Crippen molar-refractivity contribution in [2.75, 3.05) is 0 Å². The van der Waals surface area contributed by atoms with Crippen molar-refractivity contribution in [1.82, 2.24) is 5.32 Å². The van der Waals surface area contributed by atoms with Crippen LogP contribution in [-0.4, -0.2) is 30.1 Å². The van der Waals surface area contributed by atoms with Crippen molar-refractivity contribution in [3.8, 4) is 0 Å². The molecule has 0 radical (unpaired) electrons. The van der Waals surface area contributed by atoms with Gasteiger partial charge in [-0.3, -0.25) is 9.79 Å². The molecule has 0 aliphatic rings. The number of ketones is 1. The molecular weight excluding hydrogens is 188 g/mol. The SMILES string of the molecule is CC(C)NC(C)C=NC(C)C(=O)C(C)C. The molecule has 0 spiro atoms. The Balaban J connectivity index is 4.10. The van der Waals surface area contributed by atoms with Gasteiger partial charge in [-0.15, -0.1) is 0 Å². The second kappa shape index (κ2) is 6.72. The number of hydrogen-bond donors (Lipinski definition) is 1. The molecule has 0 amide bonds. The number of carbonyl (C=O) groups is 1. The van der Waals surface area contributed by atoms with Gasteiger partial charge < -0.3 is 5.32 Å². The lowest BCUT2D eigenvalue weighted by atomic mass is 10.0. The van der Waals surface area contributed by atoms with Crippen molar-refractivity contribution in [3.63, 3.8) is 0 Å². The van der Waals surface area contributed by atoms with Crippen LogP contribution in [0, 0.1) is 5.92 Å². The van der Waals surface area contributed by atoms with Gasteiger partial charge in [-0.25, -0.2) is 0 Å². The lowest BCUT2D eigenvalue weighted by molar-refractivity contribution is -0.122. The van der Waals surface area contributed by atoms with Crippen molar-refractivity contribution in [3.05, 3.63) is 0 Å². The lowest BCUT2D eigenvalue weighted by Crippen LogP contribution is -2.34. The predicted molar refractivity (Wildman–Crippen MR) is 65.5 cm³/mol. The molecule has 0 aliphatic heterocycles. The first kappa shape index (κ1) is 14.3. The van der Waals surface area contributed by atoms with Crippen LogP contribution in [0.2, 0.25) is 0 Å². The summed E-state index contributed by atoms with van der Waals surface area (Å²) in [5.74, 6) is 0.258. The molecule has 0 fully saturated rings. The van der Waals surface area contributed by atoms with Gasteiger partial charge >= 0.3 is 0 Å². The van der Waals surface area contributed by atoms with Crippen molar-refractivity contribution in [2.24, 2.45) is 10.9 Å². The molecule has 88 valence electrons. The molecular formula is C12H24N2O. The van der Waals surface area contributed by atoms with E-state index in [1.807, 2.05) is 33.9 Å². The van der Waals surface area contributed by atoms with Crippen LogP contribution in [-0.2, 0) is 4.79 Å². The standard InChI is InChI=1S/C12H24N2O/c1-8(2)12(15)11(6)13-7-10(5)14-9(3)4/h7-11,14H,1-6H3. The van der Waals surface area contributed by atoms with Crippen LogP contribution in [0.3, 0.4) is 0 Å². The fourth-order valence-electron chi connectivity index (χ4n) is 1.38. The minimum Gasteiger partial charge on any atom is -0.307 e. The number of nitrogens with one attached hydrogen (secondary N) is 1. The predicted octanol–water partition coefficient (Wildman–Crippen LogP) is 2.06. The summed E-state index contributed by atoms with van der Waals surface area (Å²) in [5, 5.41) is 3.31. The third-order valence-electron chi connectivity index (χ3n) is 2.11. The highest BCUT2D eigenvalue weighted by atomic mass is 16.1. The monoisotopic (exact) mass is 212 g/mol. The Kier molecular flexibility index (Phi) is 6.41.